The molecule has 3 saturated heterocycles. The normalized spacial score (nSPS) is 21.7. The molecule has 1 atom stereocenters. The summed E-state index contributed by atoms with van der Waals surface area (Å²) < 4.78 is 29.3. The number of hydrogen-bond donors (Lipinski definition) is 1. The van der Waals surface area contributed by atoms with Gasteiger partial charge in [0.25, 0.3) is 11.5 Å². The Kier molecular flexibility index (Phi) is 8.83. The molecule has 46 heavy (non-hydrogen) atoms. The third-order valence-corrected chi connectivity index (χ3v) is 10.1. The summed E-state index contributed by atoms with van der Waals surface area (Å²) in [6, 6.07) is 10.5. The number of nitrogens with zero attached hydrogens (tertiary/aromatic N) is 3. The van der Waals surface area contributed by atoms with Crippen molar-refractivity contribution in [3.63, 3.8) is 0 Å². The lowest BCUT2D eigenvalue weighted by Gasteiger charge is -2.39. The molecule has 0 spiro atoms. The summed E-state index contributed by atoms with van der Waals surface area (Å²) in [7, 11) is 0. The highest BCUT2D eigenvalue weighted by Gasteiger charge is 2.30. The number of fused-ring (bicyclic) bond motifs is 1. The van der Waals surface area contributed by atoms with Gasteiger partial charge in [0.15, 0.2) is 0 Å². The van der Waals surface area contributed by atoms with E-state index in [-0.39, 0.29) is 35.5 Å². The van der Waals surface area contributed by atoms with Crippen LogP contribution in [0.4, 0.5) is 4.39 Å². The van der Waals surface area contributed by atoms with Crippen molar-refractivity contribution in [2.75, 3.05) is 32.8 Å². The molecule has 2 aromatic carbocycles. The number of benzene rings is 2. The van der Waals surface area contributed by atoms with E-state index in [0.29, 0.717) is 47.4 Å². The van der Waals surface area contributed by atoms with Crippen LogP contribution in [0.5, 0.6) is 11.5 Å². The van der Waals surface area contributed by atoms with Gasteiger partial charge < -0.3 is 29.2 Å². The van der Waals surface area contributed by atoms with Gasteiger partial charge in [-0.1, -0.05) is 6.92 Å². The zero-order valence-corrected chi connectivity index (χ0v) is 26.5. The summed E-state index contributed by atoms with van der Waals surface area (Å²) >= 11 is 0. The zero-order valence-electron chi connectivity index (χ0n) is 26.5. The summed E-state index contributed by atoms with van der Waals surface area (Å²) in [5.41, 5.74) is 0.370. The van der Waals surface area contributed by atoms with Crippen LogP contribution in [0.2, 0.25) is 0 Å². The third-order valence-electron chi connectivity index (χ3n) is 10.1. The summed E-state index contributed by atoms with van der Waals surface area (Å²) in [6.07, 6.45) is 8.29. The van der Waals surface area contributed by atoms with Gasteiger partial charge in [-0.25, -0.2) is 4.39 Å². The average Bonchev–Trinajstić information content (AvgIpc) is 3.82. The molecule has 3 aliphatic heterocycles. The molecule has 4 fully saturated rings. The van der Waals surface area contributed by atoms with E-state index in [1.807, 2.05) is 19.2 Å². The molecule has 0 bridgehead atoms. The van der Waals surface area contributed by atoms with Gasteiger partial charge in [-0.15, -0.1) is 0 Å². The first-order valence-electron chi connectivity index (χ1n) is 16.8. The molecule has 4 aliphatic rings. The summed E-state index contributed by atoms with van der Waals surface area (Å²) in [5.74, 6) is 0.474. The highest BCUT2D eigenvalue weighted by molar-refractivity contribution is 5.95. The number of aromatic nitrogens is 1. The van der Waals surface area contributed by atoms with Gasteiger partial charge in [0.2, 0.25) is 5.91 Å². The predicted octanol–water partition coefficient (Wildman–Crippen LogP) is 5.08. The van der Waals surface area contributed by atoms with Crippen LogP contribution in [0.15, 0.2) is 47.4 Å². The topological polar surface area (TPSA) is 93.1 Å². The number of carbonyl (C=O) groups is 2. The molecule has 7 rings (SSSR count). The molecule has 1 saturated carbocycles. The second-order valence-electron chi connectivity index (χ2n) is 13.7. The molecular weight excluding hydrogens is 587 g/mol. The largest absolute Gasteiger partial charge is 0.457 e. The van der Waals surface area contributed by atoms with Crippen molar-refractivity contribution in [1.29, 1.82) is 0 Å². The molecule has 244 valence electrons. The van der Waals surface area contributed by atoms with Gasteiger partial charge in [-0.05, 0) is 92.1 Å². The van der Waals surface area contributed by atoms with Crippen LogP contribution in [0, 0.1) is 17.7 Å². The van der Waals surface area contributed by atoms with Gasteiger partial charge in [0.1, 0.15) is 17.3 Å². The van der Waals surface area contributed by atoms with E-state index in [1.165, 1.54) is 12.1 Å². The standard InChI is InChI=1S/C36H43FN4O5/c1-23-16-34(42)41(20-23)22-26-18-32(37)31(35(43)38-27-7-12-39(13-8-27)28-9-14-45-15-10-28)19-33(26)46-29-4-5-30-25(17-29)6-11-40(36(30)44)21-24-2-3-24/h4-6,11,17-19,23-24,27-28H,2-3,7-10,12-16,20-22H2,1H3,(H,38,43). The molecule has 9 nitrogen and oxygen atoms in total. The molecule has 10 heteroatoms. The molecular formula is C36H43FN4O5. The Bertz CT molecular complexity index is 1670. The van der Waals surface area contributed by atoms with Crippen LogP contribution in [0.1, 0.15) is 67.8 Å². The number of pyridine rings is 1. The van der Waals surface area contributed by atoms with Crippen molar-refractivity contribution < 1.29 is 23.5 Å². The first-order valence-corrected chi connectivity index (χ1v) is 16.8. The SMILES string of the molecule is CC1CC(=O)N(Cc2cc(F)c(C(=O)NC3CCN(C4CCOCC4)CC3)cc2Oc2ccc3c(=O)n(CC4CC4)ccc3c2)C1. The van der Waals surface area contributed by atoms with E-state index in [2.05, 4.69) is 10.2 Å². The Balaban J connectivity index is 1.11. The third kappa shape index (κ3) is 6.83. The van der Waals surface area contributed by atoms with Crippen molar-refractivity contribution in [2.45, 2.75) is 77.0 Å². The Hall–Kier alpha value is -3.76. The van der Waals surface area contributed by atoms with Crippen molar-refractivity contribution in [2.24, 2.45) is 11.8 Å². The Morgan fingerprint density at radius 2 is 1.80 bits per heavy atom. The van der Waals surface area contributed by atoms with Gasteiger partial charge >= 0.3 is 0 Å². The molecule has 1 unspecified atom stereocenters. The highest BCUT2D eigenvalue weighted by Crippen LogP contribution is 2.33. The zero-order chi connectivity index (χ0) is 31.8. The van der Waals surface area contributed by atoms with Crippen molar-refractivity contribution in [1.82, 2.24) is 19.7 Å². The van der Waals surface area contributed by atoms with Crippen molar-refractivity contribution >= 4 is 22.6 Å². The highest BCUT2D eigenvalue weighted by atomic mass is 19.1. The number of carbonyl (C=O) groups excluding carboxylic acids is 2. The number of rotatable bonds is 9. The first kappa shape index (κ1) is 30.9. The van der Waals surface area contributed by atoms with Crippen molar-refractivity contribution in [3.05, 3.63) is 69.9 Å². The average molecular weight is 631 g/mol. The second kappa shape index (κ2) is 13.2. The maximum Gasteiger partial charge on any atom is 0.258 e. The van der Waals surface area contributed by atoms with E-state index in [1.54, 1.807) is 27.7 Å². The van der Waals surface area contributed by atoms with Crippen LogP contribution >= 0.6 is 0 Å². The number of amides is 2. The summed E-state index contributed by atoms with van der Waals surface area (Å²) in [4.78, 5) is 43.4. The fraction of sp³-hybridized carbons (Fsp3) is 0.528. The smallest absolute Gasteiger partial charge is 0.258 e. The number of piperidine rings is 1. The molecule has 1 N–H and O–H groups in total. The summed E-state index contributed by atoms with van der Waals surface area (Å²) in [6.45, 7) is 6.89. The van der Waals surface area contributed by atoms with Gasteiger partial charge in [-0.2, -0.15) is 0 Å². The second-order valence-corrected chi connectivity index (χ2v) is 13.7. The Morgan fingerprint density at radius 3 is 2.52 bits per heavy atom. The Morgan fingerprint density at radius 1 is 1.02 bits per heavy atom. The summed E-state index contributed by atoms with van der Waals surface area (Å²) in [5, 5.41) is 4.41. The maximum atomic E-state index is 15.6. The fourth-order valence-corrected chi connectivity index (χ4v) is 7.22. The van der Waals surface area contributed by atoms with E-state index >= 15 is 4.39 Å². The quantitative estimate of drug-likeness (QED) is 0.355. The minimum atomic E-state index is -0.645. The van der Waals surface area contributed by atoms with E-state index < -0.39 is 11.7 Å². The van der Waals surface area contributed by atoms with E-state index in [0.717, 1.165) is 76.8 Å². The van der Waals surface area contributed by atoms with Crippen LogP contribution in [0.3, 0.4) is 0 Å². The molecule has 3 aromatic rings. The lowest BCUT2D eigenvalue weighted by atomic mass is 9.99. The number of ether oxygens (including phenoxy) is 2. The number of nitrogens with one attached hydrogen (secondary N) is 1. The van der Waals surface area contributed by atoms with Crippen molar-refractivity contribution in [3.8, 4) is 11.5 Å². The van der Waals surface area contributed by atoms with Gasteiger partial charge in [0.05, 0.1) is 5.56 Å². The molecule has 2 amide bonds. The molecule has 1 aromatic heterocycles. The fourth-order valence-electron chi connectivity index (χ4n) is 7.22. The lowest BCUT2D eigenvalue weighted by molar-refractivity contribution is -0.128. The van der Waals surface area contributed by atoms with Gasteiger partial charge in [-0.3, -0.25) is 14.4 Å². The van der Waals surface area contributed by atoms with E-state index in [9.17, 15) is 14.4 Å². The minimum Gasteiger partial charge on any atom is -0.457 e. The Labute approximate surface area is 268 Å². The number of hydrogen-bond acceptors (Lipinski definition) is 6. The minimum absolute atomic E-state index is 0.0148. The first-order chi connectivity index (χ1) is 22.3. The molecule has 1 aliphatic carbocycles. The van der Waals surface area contributed by atoms with Crippen LogP contribution in [0.25, 0.3) is 10.8 Å². The lowest BCUT2D eigenvalue weighted by Crippen LogP contribution is -2.49. The molecule has 0 radical (unpaired) electrons. The van der Waals surface area contributed by atoms with Crippen LogP contribution in [-0.2, 0) is 22.6 Å². The molecule has 4 heterocycles. The van der Waals surface area contributed by atoms with Crippen LogP contribution in [-0.4, -0.2) is 71.1 Å². The van der Waals surface area contributed by atoms with Gasteiger partial charge in [0, 0.05) is 81.6 Å². The number of halogens is 1. The van der Waals surface area contributed by atoms with E-state index in [4.69, 9.17) is 9.47 Å². The van der Waals surface area contributed by atoms with Crippen LogP contribution < -0.4 is 15.6 Å². The number of likely N-dealkylation sites (tertiary alicyclic amines) is 2. The predicted molar refractivity (Wildman–Crippen MR) is 173 cm³/mol. The maximum absolute atomic E-state index is 15.6. The monoisotopic (exact) mass is 630 g/mol.